The van der Waals surface area contributed by atoms with E-state index in [1.807, 2.05) is 50.2 Å². The third kappa shape index (κ3) is 4.11. The number of aliphatic hydroxyl groups is 1. The molecule has 0 aliphatic rings. The normalized spacial score (nSPS) is 12.6. The van der Waals surface area contributed by atoms with Gasteiger partial charge >= 0.3 is 0 Å². The molecule has 0 saturated carbocycles. The third-order valence-electron chi connectivity index (χ3n) is 3.16. The van der Waals surface area contributed by atoms with Gasteiger partial charge in [-0.05, 0) is 25.5 Å². The summed E-state index contributed by atoms with van der Waals surface area (Å²) < 4.78 is 11.1. The molecule has 0 aliphatic carbocycles. The fraction of sp³-hybridized carbons (Fsp3) is 0.353. The Morgan fingerprint density at radius 2 is 1.57 bits per heavy atom. The molecule has 0 spiro atoms. The highest BCUT2D eigenvalue weighted by molar-refractivity contribution is 5.31. The van der Waals surface area contributed by atoms with E-state index in [2.05, 4.69) is 4.98 Å². The first kappa shape index (κ1) is 15.6. The van der Waals surface area contributed by atoms with Crippen LogP contribution in [0.3, 0.4) is 0 Å². The average Bonchev–Trinajstić information content (AvgIpc) is 2.55. The highest BCUT2D eigenvalue weighted by Crippen LogP contribution is 2.24. The van der Waals surface area contributed by atoms with E-state index >= 15 is 0 Å². The van der Waals surface area contributed by atoms with Crippen LogP contribution >= 0.6 is 0 Å². The molecule has 21 heavy (non-hydrogen) atoms. The van der Waals surface area contributed by atoms with E-state index < -0.39 is 6.10 Å². The van der Waals surface area contributed by atoms with Crippen molar-refractivity contribution in [3.05, 3.63) is 65.5 Å². The lowest BCUT2D eigenvalue weighted by atomic mass is 10.0. The summed E-state index contributed by atoms with van der Waals surface area (Å²) in [5, 5.41) is 10.3. The molecule has 4 nitrogen and oxygen atoms in total. The predicted octanol–water partition coefficient (Wildman–Crippen LogP) is 3.23. The largest absolute Gasteiger partial charge is 0.384 e. The van der Waals surface area contributed by atoms with E-state index in [0.29, 0.717) is 13.2 Å². The number of aromatic nitrogens is 1. The zero-order valence-corrected chi connectivity index (χ0v) is 12.4. The number of pyridine rings is 1. The lowest BCUT2D eigenvalue weighted by Gasteiger charge is -2.18. The topological polar surface area (TPSA) is 51.6 Å². The number of ether oxygens (including phenoxy) is 2. The van der Waals surface area contributed by atoms with Crippen molar-refractivity contribution in [1.29, 1.82) is 0 Å². The molecule has 0 unspecified atom stereocenters. The van der Waals surface area contributed by atoms with Crippen molar-refractivity contribution in [1.82, 2.24) is 4.98 Å². The van der Waals surface area contributed by atoms with E-state index in [4.69, 9.17) is 9.47 Å². The van der Waals surface area contributed by atoms with Crippen LogP contribution in [0, 0.1) is 0 Å². The standard InChI is InChI=1S/C17H21NO3/c1-3-20-17(21-4-2)14-9-7-13(8-10-14)16(19)15-6-5-11-18-12-15/h5-12,16-17,19H,3-4H2,1-2H3/t16-/m0/s1. The first-order chi connectivity index (χ1) is 10.3. The molecular formula is C17H21NO3. The van der Waals surface area contributed by atoms with Gasteiger partial charge in [0, 0.05) is 36.7 Å². The Morgan fingerprint density at radius 1 is 0.952 bits per heavy atom. The number of rotatable bonds is 7. The molecule has 112 valence electrons. The number of benzene rings is 1. The van der Waals surface area contributed by atoms with E-state index in [9.17, 15) is 5.11 Å². The molecule has 0 saturated heterocycles. The summed E-state index contributed by atoms with van der Waals surface area (Å²) in [6.07, 6.45) is 2.32. The minimum absolute atomic E-state index is 0.357. The fourth-order valence-electron chi connectivity index (χ4n) is 2.11. The van der Waals surface area contributed by atoms with Gasteiger partial charge in [-0.2, -0.15) is 0 Å². The Morgan fingerprint density at radius 3 is 2.10 bits per heavy atom. The van der Waals surface area contributed by atoms with Gasteiger partial charge in [0.2, 0.25) is 0 Å². The van der Waals surface area contributed by atoms with Crippen LogP contribution in [-0.2, 0) is 9.47 Å². The molecule has 1 N–H and O–H groups in total. The van der Waals surface area contributed by atoms with Gasteiger partial charge in [-0.1, -0.05) is 30.3 Å². The second kappa shape index (κ2) is 7.88. The van der Waals surface area contributed by atoms with Crippen LogP contribution in [0.5, 0.6) is 0 Å². The van der Waals surface area contributed by atoms with Crippen LogP contribution in [0.1, 0.15) is 42.9 Å². The van der Waals surface area contributed by atoms with E-state index in [-0.39, 0.29) is 6.29 Å². The average molecular weight is 287 g/mol. The van der Waals surface area contributed by atoms with Gasteiger partial charge in [-0.3, -0.25) is 4.98 Å². The SMILES string of the molecule is CCOC(OCC)c1ccc([C@H](O)c2cccnc2)cc1. The smallest absolute Gasteiger partial charge is 0.183 e. The van der Waals surface area contributed by atoms with Crippen molar-refractivity contribution in [3.8, 4) is 0 Å². The minimum atomic E-state index is -0.676. The van der Waals surface area contributed by atoms with E-state index in [0.717, 1.165) is 16.7 Å². The Bertz CT molecular complexity index is 521. The molecule has 1 atom stereocenters. The summed E-state index contributed by atoms with van der Waals surface area (Å²) in [7, 11) is 0. The Labute approximate surface area is 125 Å². The second-order valence-electron chi connectivity index (χ2n) is 4.60. The molecule has 1 heterocycles. The van der Waals surface area contributed by atoms with E-state index in [1.54, 1.807) is 12.4 Å². The van der Waals surface area contributed by atoms with Crippen LogP contribution in [0.25, 0.3) is 0 Å². The first-order valence-electron chi connectivity index (χ1n) is 7.17. The monoisotopic (exact) mass is 287 g/mol. The van der Waals surface area contributed by atoms with Crippen LogP contribution in [0.4, 0.5) is 0 Å². The quantitative estimate of drug-likeness (QED) is 0.794. The van der Waals surface area contributed by atoms with Gasteiger partial charge in [-0.25, -0.2) is 0 Å². The third-order valence-corrected chi connectivity index (χ3v) is 3.16. The molecule has 0 aliphatic heterocycles. The second-order valence-corrected chi connectivity index (χ2v) is 4.60. The summed E-state index contributed by atoms with van der Waals surface area (Å²) in [5.74, 6) is 0. The Kier molecular flexibility index (Phi) is 5.87. The van der Waals surface area contributed by atoms with Crippen molar-refractivity contribution >= 4 is 0 Å². The Balaban J connectivity index is 2.14. The summed E-state index contributed by atoms with van der Waals surface area (Å²) in [6.45, 7) is 5.05. The molecule has 4 heteroatoms. The summed E-state index contributed by atoms with van der Waals surface area (Å²) >= 11 is 0. The fourth-order valence-corrected chi connectivity index (χ4v) is 2.11. The molecule has 2 rings (SSSR count). The number of aliphatic hydroxyl groups excluding tert-OH is 1. The van der Waals surface area contributed by atoms with Crippen LogP contribution in [0.15, 0.2) is 48.8 Å². The van der Waals surface area contributed by atoms with Crippen molar-refractivity contribution in [3.63, 3.8) is 0 Å². The molecule has 1 aromatic heterocycles. The molecular weight excluding hydrogens is 266 g/mol. The maximum atomic E-state index is 10.3. The van der Waals surface area contributed by atoms with Crippen LogP contribution < -0.4 is 0 Å². The van der Waals surface area contributed by atoms with Crippen molar-refractivity contribution in [2.75, 3.05) is 13.2 Å². The van der Waals surface area contributed by atoms with Crippen LogP contribution in [-0.4, -0.2) is 23.3 Å². The van der Waals surface area contributed by atoms with Crippen LogP contribution in [0.2, 0.25) is 0 Å². The molecule has 0 amide bonds. The number of hydrogen-bond donors (Lipinski definition) is 1. The molecule has 0 radical (unpaired) electrons. The lowest BCUT2D eigenvalue weighted by molar-refractivity contribution is -0.140. The van der Waals surface area contributed by atoms with Gasteiger partial charge in [0.1, 0.15) is 6.10 Å². The summed E-state index contributed by atoms with van der Waals surface area (Å²) in [5.41, 5.74) is 2.54. The summed E-state index contributed by atoms with van der Waals surface area (Å²) in [4.78, 5) is 4.03. The van der Waals surface area contributed by atoms with Gasteiger partial charge in [-0.15, -0.1) is 0 Å². The molecule has 0 fully saturated rings. The summed E-state index contributed by atoms with van der Waals surface area (Å²) in [6, 6.07) is 11.3. The van der Waals surface area contributed by atoms with Gasteiger partial charge < -0.3 is 14.6 Å². The van der Waals surface area contributed by atoms with E-state index in [1.165, 1.54) is 0 Å². The highest BCUT2D eigenvalue weighted by atomic mass is 16.7. The van der Waals surface area contributed by atoms with Crippen molar-refractivity contribution < 1.29 is 14.6 Å². The van der Waals surface area contributed by atoms with Crippen molar-refractivity contribution in [2.24, 2.45) is 0 Å². The van der Waals surface area contributed by atoms with Gasteiger partial charge in [0.15, 0.2) is 6.29 Å². The zero-order valence-electron chi connectivity index (χ0n) is 12.4. The lowest BCUT2D eigenvalue weighted by Crippen LogP contribution is -2.09. The highest BCUT2D eigenvalue weighted by Gasteiger charge is 2.14. The van der Waals surface area contributed by atoms with Gasteiger partial charge in [0.25, 0.3) is 0 Å². The Hall–Kier alpha value is -1.75. The first-order valence-corrected chi connectivity index (χ1v) is 7.17. The maximum absolute atomic E-state index is 10.3. The van der Waals surface area contributed by atoms with Crippen molar-refractivity contribution in [2.45, 2.75) is 26.2 Å². The maximum Gasteiger partial charge on any atom is 0.183 e. The predicted molar refractivity (Wildman–Crippen MR) is 80.7 cm³/mol. The molecule has 1 aromatic carbocycles. The zero-order chi connectivity index (χ0) is 15.1. The molecule has 0 bridgehead atoms. The minimum Gasteiger partial charge on any atom is -0.384 e. The van der Waals surface area contributed by atoms with Gasteiger partial charge in [0.05, 0.1) is 0 Å². The molecule has 2 aromatic rings. The number of hydrogen-bond acceptors (Lipinski definition) is 4. The number of nitrogens with zero attached hydrogens (tertiary/aromatic N) is 1.